The predicted octanol–water partition coefficient (Wildman–Crippen LogP) is 4.69. The zero-order valence-corrected chi connectivity index (χ0v) is 16.0. The van der Waals surface area contributed by atoms with Gasteiger partial charge < -0.3 is 9.52 Å². The third kappa shape index (κ3) is 3.59. The molecule has 2 heterocycles. The Bertz CT molecular complexity index is 1070. The van der Waals surface area contributed by atoms with Crippen molar-refractivity contribution in [3.05, 3.63) is 101 Å². The molecule has 2 aromatic carbocycles. The summed E-state index contributed by atoms with van der Waals surface area (Å²) in [4.78, 5) is 27.4. The second-order valence-corrected chi connectivity index (χ2v) is 7.10. The number of aliphatic hydroxyl groups is 1. The van der Waals surface area contributed by atoms with Crippen LogP contribution in [0.25, 0.3) is 0 Å². The Hall–Kier alpha value is -3.60. The fraction of sp³-hybridized carbons (Fsp3) is 0.167. The molecule has 1 amide bonds. The molecule has 146 valence electrons. The van der Waals surface area contributed by atoms with Gasteiger partial charge in [0.15, 0.2) is 11.5 Å². The molecule has 1 N–H and O–H groups in total. The van der Waals surface area contributed by atoms with E-state index in [9.17, 15) is 14.7 Å². The maximum atomic E-state index is 13.1. The lowest BCUT2D eigenvalue weighted by Gasteiger charge is -2.25. The number of carbonyl (C=O) groups is 2. The Morgan fingerprint density at radius 1 is 1.07 bits per heavy atom. The summed E-state index contributed by atoms with van der Waals surface area (Å²) in [5.41, 5.74) is 2.68. The minimum Gasteiger partial charge on any atom is -0.503 e. The van der Waals surface area contributed by atoms with Crippen molar-refractivity contribution in [2.45, 2.75) is 25.8 Å². The maximum absolute atomic E-state index is 13.1. The number of carbonyl (C=O) groups excluding carboxylic acids is 2. The SMILES string of the molecule is Cc1cccc(N2C(=O)C(O)=C(C(=O)CCc3ccccc3)C2c2ccco2)c1. The average Bonchev–Trinajstić information content (AvgIpc) is 3.34. The van der Waals surface area contributed by atoms with E-state index in [1.807, 2.05) is 55.5 Å². The Labute approximate surface area is 168 Å². The molecular weight excluding hydrogens is 366 g/mol. The minimum absolute atomic E-state index is 0.0855. The van der Waals surface area contributed by atoms with Crippen molar-refractivity contribution in [3.8, 4) is 0 Å². The second kappa shape index (κ2) is 7.80. The molecule has 29 heavy (non-hydrogen) atoms. The number of rotatable bonds is 6. The van der Waals surface area contributed by atoms with Crippen LogP contribution in [0.3, 0.4) is 0 Å². The van der Waals surface area contributed by atoms with Crippen molar-refractivity contribution in [3.63, 3.8) is 0 Å². The zero-order valence-electron chi connectivity index (χ0n) is 16.0. The summed E-state index contributed by atoms with van der Waals surface area (Å²) in [6.07, 6.45) is 2.21. The summed E-state index contributed by atoms with van der Waals surface area (Å²) in [6.45, 7) is 1.92. The number of ketones is 1. The number of hydrogen-bond donors (Lipinski definition) is 1. The summed E-state index contributed by atoms with van der Waals surface area (Å²) >= 11 is 0. The molecule has 1 atom stereocenters. The van der Waals surface area contributed by atoms with Gasteiger partial charge in [-0.05, 0) is 48.7 Å². The van der Waals surface area contributed by atoms with Gasteiger partial charge in [0.1, 0.15) is 11.8 Å². The molecule has 0 saturated heterocycles. The summed E-state index contributed by atoms with van der Waals surface area (Å²) in [7, 11) is 0. The molecule has 1 aliphatic heterocycles. The lowest BCUT2D eigenvalue weighted by molar-refractivity contribution is -0.118. The number of amides is 1. The minimum atomic E-state index is -0.789. The molecule has 5 nitrogen and oxygen atoms in total. The van der Waals surface area contributed by atoms with Crippen LogP contribution in [0, 0.1) is 6.92 Å². The third-order valence-electron chi connectivity index (χ3n) is 5.08. The van der Waals surface area contributed by atoms with Crippen molar-refractivity contribution in [2.75, 3.05) is 4.90 Å². The number of hydrogen-bond acceptors (Lipinski definition) is 4. The number of anilines is 1. The standard InChI is InChI=1S/C24H21NO4/c1-16-7-5-10-18(15-16)25-22(20-11-6-14-29-20)21(23(27)24(25)28)19(26)13-12-17-8-3-2-4-9-17/h2-11,14-15,22,27H,12-13H2,1H3. The van der Waals surface area contributed by atoms with E-state index >= 15 is 0 Å². The molecule has 1 aliphatic rings. The lowest BCUT2D eigenvalue weighted by Crippen LogP contribution is -2.30. The van der Waals surface area contributed by atoms with Gasteiger partial charge in [-0.3, -0.25) is 14.5 Å². The molecule has 0 fully saturated rings. The Morgan fingerprint density at radius 2 is 1.86 bits per heavy atom. The number of nitrogens with zero attached hydrogens (tertiary/aromatic N) is 1. The van der Waals surface area contributed by atoms with Gasteiger partial charge in [-0.15, -0.1) is 0 Å². The van der Waals surface area contributed by atoms with E-state index in [4.69, 9.17) is 4.42 Å². The highest BCUT2D eigenvalue weighted by atomic mass is 16.3. The Balaban J connectivity index is 1.69. The van der Waals surface area contributed by atoms with Crippen LogP contribution < -0.4 is 4.90 Å². The molecule has 0 bridgehead atoms. The number of Topliss-reactive ketones (excluding diaryl/α,β-unsaturated/α-hetero) is 1. The van der Waals surface area contributed by atoms with Crippen LogP contribution in [0.5, 0.6) is 0 Å². The number of aryl methyl sites for hydroxylation is 2. The van der Waals surface area contributed by atoms with E-state index in [1.165, 1.54) is 11.2 Å². The van der Waals surface area contributed by atoms with Gasteiger partial charge >= 0.3 is 0 Å². The van der Waals surface area contributed by atoms with Crippen LogP contribution in [0.15, 0.2) is 88.7 Å². The van der Waals surface area contributed by atoms with Crippen LogP contribution in [0.2, 0.25) is 0 Å². The molecule has 4 rings (SSSR count). The summed E-state index contributed by atoms with van der Waals surface area (Å²) in [6, 6.07) is 19.7. The fourth-order valence-corrected chi connectivity index (χ4v) is 3.69. The molecule has 3 aromatic rings. The smallest absolute Gasteiger partial charge is 0.294 e. The van der Waals surface area contributed by atoms with E-state index < -0.39 is 17.7 Å². The van der Waals surface area contributed by atoms with Gasteiger partial charge in [0.2, 0.25) is 0 Å². The van der Waals surface area contributed by atoms with Crippen LogP contribution in [-0.4, -0.2) is 16.8 Å². The van der Waals surface area contributed by atoms with Gasteiger partial charge in [0, 0.05) is 12.1 Å². The van der Waals surface area contributed by atoms with Gasteiger partial charge in [0.25, 0.3) is 5.91 Å². The van der Waals surface area contributed by atoms with Crippen molar-refractivity contribution in [1.29, 1.82) is 0 Å². The van der Waals surface area contributed by atoms with Crippen molar-refractivity contribution < 1.29 is 19.1 Å². The fourth-order valence-electron chi connectivity index (χ4n) is 3.69. The first-order valence-corrected chi connectivity index (χ1v) is 9.50. The van der Waals surface area contributed by atoms with E-state index in [0.29, 0.717) is 17.9 Å². The number of furan rings is 1. The highest BCUT2D eigenvalue weighted by molar-refractivity contribution is 6.16. The van der Waals surface area contributed by atoms with Gasteiger partial charge in [-0.2, -0.15) is 0 Å². The zero-order chi connectivity index (χ0) is 20.4. The quantitative estimate of drug-likeness (QED) is 0.666. The molecule has 0 saturated carbocycles. The number of aliphatic hydroxyl groups excluding tert-OH is 1. The molecule has 0 spiro atoms. The van der Waals surface area contributed by atoms with Crippen molar-refractivity contribution >= 4 is 17.4 Å². The molecule has 0 radical (unpaired) electrons. The second-order valence-electron chi connectivity index (χ2n) is 7.10. The van der Waals surface area contributed by atoms with Gasteiger partial charge in [0.05, 0.1) is 11.8 Å². The molecule has 1 aromatic heterocycles. The van der Waals surface area contributed by atoms with Gasteiger partial charge in [-0.1, -0.05) is 42.5 Å². The molecular formula is C24H21NO4. The van der Waals surface area contributed by atoms with Crippen molar-refractivity contribution in [1.82, 2.24) is 0 Å². The van der Waals surface area contributed by atoms with Gasteiger partial charge in [-0.25, -0.2) is 0 Å². The van der Waals surface area contributed by atoms with E-state index in [2.05, 4.69) is 0 Å². The topological polar surface area (TPSA) is 70.8 Å². The molecule has 1 unspecified atom stereocenters. The monoisotopic (exact) mass is 387 g/mol. The van der Waals surface area contributed by atoms with Crippen molar-refractivity contribution in [2.24, 2.45) is 0 Å². The Kier molecular flexibility index (Phi) is 5.04. The first kappa shape index (κ1) is 18.7. The van der Waals surface area contributed by atoms with Crippen LogP contribution >= 0.6 is 0 Å². The predicted molar refractivity (Wildman–Crippen MR) is 110 cm³/mol. The highest BCUT2D eigenvalue weighted by Crippen LogP contribution is 2.41. The largest absolute Gasteiger partial charge is 0.503 e. The normalized spacial score (nSPS) is 16.5. The first-order chi connectivity index (χ1) is 14.1. The van der Waals surface area contributed by atoms with Crippen LogP contribution in [0.1, 0.15) is 29.3 Å². The molecule has 5 heteroatoms. The third-order valence-corrected chi connectivity index (χ3v) is 5.08. The average molecular weight is 387 g/mol. The first-order valence-electron chi connectivity index (χ1n) is 9.50. The highest BCUT2D eigenvalue weighted by Gasteiger charge is 2.45. The lowest BCUT2D eigenvalue weighted by atomic mass is 9.96. The van der Waals surface area contributed by atoms with Crippen LogP contribution in [-0.2, 0) is 16.0 Å². The molecule has 0 aliphatic carbocycles. The summed E-state index contributed by atoms with van der Waals surface area (Å²) in [5, 5.41) is 10.6. The number of benzene rings is 2. The summed E-state index contributed by atoms with van der Waals surface area (Å²) in [5.74, 6) is -0.936. The van der Waals surface area contributed by atoms with E-state index in [0.717, 1.165) is 11.1 Å². The maximum Gasteiger partial charge on any atom is 0.294 e. The van der Waals surface area contributed by atoms with E-state index in [1.54, 1.807) is 18.2 Å². The summed E-state index contributed by atoms with van der Waals surface area (Å²) < 4.78 is 5.55. The Morgan fingerprint density at radius 3 is 2.55 bits per heavy atom. The van der Waals surface area contributed by atoms with Crippen LogP contribution in [0.4, 0.5) is 5.69 Å². The van der Waals surface area contributed by atoms with E-state index in [-0.39, 0.29) is 17.8 Å².